The number of hydrogen-bond acceptors (Lipinski definition) is 5. The van der Waals surface area contributed by atoms with Crippen LogP contribution in [0.1, 0.15) is 63.3 Å². The fourth-order valence-corrected chi connectivity index (χ4v) is 4.98. The van der Waals surface area contributed by atoms with Crippen LogP contribution in [-0.2, 0) is 9.53 Å². The molecule has 168 valence electrons. The van der Waals surface area contributed by atoms with Gasteiger partial charge in [-0.05, 0) is 67.7 Å². The fourth-order valence-electron chi connectivity index (χ4n) is 4.98. The van der Waals surface area contributed by atoms with Gasteiger partial charge in [-0.3, -0.25) is 4.79 Å². The summed E-state index contributed by atoms with van der Waals surface area (Å²) < 4.78 is 10.9. The number of alkyl carbamates (subject to hydrolysis) is 1. The van der Waals surface area contributed by atoms with E-state index in [1.54, 1.807) is 6.20 Å². The van der Waals surface area contributed by atoms with Crippen molar-refractivity contribution in [3.8, 4) is 23.7 Å². The Morgan fingerprint density at radius 3 is 2.56 bits per heavy atom. The summed E-state index contributed by atoms with van der Waals surface area (Å²) in [6.07, 6.45) is 11.4. The van der Waals surface area contributed by atoms with Crippen molar-refractivity contribution >= 4 is 11.9 Å². The van der Waals surface area contributed by atoms with Crippen molar-refractivity contribution in [2.45, 2.75) is 57.9 Å². The minimum atomic E-state index is -0.571. The van der Waals surface area contributed by atoms with Crippen LogP contribution in [0.5, 0.6) is 0 Å². The quantitative estimate of drug-likeness (QED) is 0.652. The maximum atomic E-state index is 13.4. The van der Waals surface area contributed by atoms with E-state index in [0.29, 0.717) is 18.1 Å². The number of rotatable bonds is 6. The number of oxazole rings is 1. The van der Waals surface area contributed by atoms with Gasteiger partial charge < -0.3 is 14.5 Å². The highest BCUT2D eigenvalue weighted by Gasteiger charge is 2.52. The summed E-state index contributed by atoms with van der Waals surface area (Å²) in [7, 11) is 1.31. The second kappa shape index (κ2) is 8.82. The van der Waals surface area contributed by atoms with Crippen molar-refractivity contribution < 1.29 is 18.7 Å². The third kappa shape index (κ3) is 4.57. The molecule has 6 nitrogen and oxygen atoms in total. The predicted octanol–water partition coefficient (Wildman–Crippen LogP) is 4.94. The van der Waals surface area contributed by atoms with Gasteiger partial charge in [-0.15, -0.1) is 6.42 Å². The van der Waals surface area contributed by atoms with E-state index < -0.39 is 12.1 Å². The highest BCUT2D eigenvalue weighted by atomic mass is 16.5. The topological polar surface area (TPSA) is 81.4 Å². The Hall–Kier alpha value is -3.07. The van der Waals surface area contributed by atoms with E-state index in [0.717, 1.165) is 36.8 Å². The zero-order valence-corrected chi connectivity index (χ0v) is 18.9. The molecular formula is C26H30N2O4. The fraction of sp³-hybridized carbons (Fsp3) is 0.500. The molecule has 4 rings (SSSR count). The first-order chi connectivity index (χ1) is 15.3. The molecule has 1 amide bonds. The number of ether oxygens (including phenoxy) is 1. The van der Waals surface area contributed by atoms with E-state index in [9.17, 15) is 9.59 Å². The van der Waals surface area contributed by atoms with Crippen LogP contribution in [0.3, 0.4) is 0 Å². The summed E-state index contributed by atoms with van der Waals surface area (Å²) in [5.41, 5.74) is 1.94. The average Bonchev–Trinajstić information content (AvgIpc) is 3.34. The average molecular weight is 435 g/mol. The minimum Gasteiger partial charge on any atom is -0.453 e. The molecule has 2 aliphatic rings. The van der Waals surface area contributed by atoms with E-state index in [2.05, 4.69) is 16.2 Å². The summed E-state index contributed by atoms with van der Waals surface area (Å²) in [4.78, 5) is 29.8. The molecule has 2 aliphatic carbocycles. The van der Waals surface area contributed by atoms with E-state index in [4.69, 9.17) is 15.6 Å². The molecule has 1 N–H and O–H groups in total. The Kier molecular flexibility index (Phi) is 6.10. The van der Waals surface area contributed by atoms with Gasteiger partial charge in [0.25, 0.3) is 0 Å². The molecule has 0 saturated heterocycles. The van der Waals surface area contributed by atoms with Gasteiger partial charge in [0.05, 0.1) is 19.3 Å². The van der Waals surface area contributed by atoms with Crippen LogP contribution in [0.25, 0.3) is 11.3 Å². The minimum absolute atomic E-state index is 0.0172. The second-order valence-corrected chi connectivity index (χ2v) is 9.58. The monoisotopic (exact) mass is 434 g/mol. The Bertz CT molecular complexity index is 1030. The molecule has 0 radical (unpaired) electrons. The van der Waals surface area contributed by atoms with Gasteiger partial charge in [-0.2, -0.15) is 0 Å². The molecule has 3 unspecified atom stereocenters. The SMILES string of the molecule is C#Cc1ccc(-c2cnc(C3CC(C(=O)C(NC(=O)OC)C(C)C)CC4(CC4)C3)o2)cc1. The van der Waals surface area contributed by atoms with Crippen molar-refractivity contribution in [2.24, 2.45) is 17.3 Å². The molecule has 0 bridgehead atoms. The number of methoxy groups -OCH3 is 1. The van der Waals surface area contributed by atoms with E-state index in [1.807, 2.05) is 38.1 Å². The smallest absolute Gasteiger partial charge is 0.407 e. The van der Waals surface area contributed by atoms with E-state index >= 15 is 0 Å². The number of carbonyl (C=O) groups excluding carboxylic acids is 2. The molecule has 6 heteroatoms. The number of amides is 1. The van der Waals surface area contributed by atoms with Crippen molar-refractivity contribution in [2.75, 3.05) is 7.11 Å². The predicted molar refractivity (Wildman–Crippen MR) is 121 cm³/mol. The van der Waals surface area contributed by atoms with Crippen LogP contribution in [0.15, 0.2) is 34.9 Å². The lowest BCUT2D eigenvalue weighted by Gasteiger charge is -2.35. The number of nitrogens with one attached hydrogen (secondary N) is 1. The standard InChI is InChI=1S/C26H30N2O4/c1-5-17-6-8-18(9-7-17)21-15-27-24(32-21)20-12-19(13-26(14-20)10-11-26)23(29)22(16(2)3)28-25(30)31-4/h1,6-9,15-16,19-20,22H,10-14H2,2-4H3,(H,28,30). The third-order valence-electron chi connectivity index (χ3n) is 6.93. The summed E-state index contributed by atoms with van der Waals surface area (Å²) in [6, 6.07) is 7.07. The molecule has 1 heterocycles. The Morgan fingerprint density at radius 2 is 1.97 bits per heavy atom. The van der Waals surface area contributed by atoms with Gasteiger partial charge in [-0.25, -0.2) is 9.78 Å². The Labute approximate surface area is 189 Å². The van der Waals surface area contributed by atoms with Crippen LogP contribution < -0.4 is 5.32 Å². The van der Waals surface area contributed by atoms with Crippen LogP contribution in [0.4, 0.5) is 4.79 Å². The largest absolute Gasteiger partial charge is 0.453 e. The lowest BCUT2D eigenvalue weighted by Crippen LogP contribution is -2.48. The maximum Gasteiger partial charge on any atom is 0.407 e. The number of hydrogen-bond donors (Lipinski definition) is 1. The molecule has 2 fully saturated rings. The van der Waals surface area contributed by atoms with Gasteiger partial charge in [0.2, 0.25) is 0 Å². The summed E-state index contributed by atoms with van der Waals surface area (Å²) in [5.74, 6) is 4.02. The van der Waals surface area contributed by atoms with Crippen molar-refractivity contribution in [3.63, 3.8) is 0 Å². The van der Waals surface area contributed by atoms with Gasteiger partial charge in [-0.1, -0.05) is 19.8 Å². The molecule has 1 spiro atoms. The van der Waals surface area contributed by atoms with Crippen LogP contribution in [0.2, 0.25) is 0 Å². The number of Topliss-reactive ketones (excluding diaryl/α,β-unsaturated/α-hetero) is 1. The molecule has 2 saturated carbocycles. The maximum absolute atomic E-state index is 13.4. The Balaban J connectivity index is 1.53. The van der Waals surface area contributed by atoms with E-state index in [1.165, 1.54) is 7.11 Å². The van der Waals surface area contributed by atoms with Crippen LogP contribution in [-0.4, -0.2) is 30.0 Å². The first-order valence-corrected chi connectivity index (χ1v) is 11.2. The first-order valence-electron chi connectivity index (χ1n) is 11.2. The summed E-state index contributed by atoms with van der Waals surface area (Å²) in [6.45, 7) is 3.88. The zero-order valence-electron chi connectivity index (χ0n) is 18.9. The molecule has 2 aromatic rings. The zero-order chi connectivity index (χ0) is 22.9. The number of aromatic nitrogens is 1. The van der Waals surface area contributed by atoms with Crippen molar-refractivity contribution in [1.29, 1.82) is 0 Å². The van der Waals surface area contributed by atoms with Crippen molar-refractivity contribution in [1.82, 2.24) is 10.3 Å². The highest BCUT2D eigenvalue weighted by Crippen LogP contribution is 2.61. The molecule has 32 heavy (non-hydrogen) atoms. The number of carbonyl (C=O) groups is 2. The van der Waals surface area contributed by atoms with Gasteiger partial charge in [0.15, 0.2) is 17.4 Å². The second-order valence-electron chi connectivity index (χ2n) is 9.58. The normalized spacial score (nSPS) is 22.2. The van der Waals surface area contributed by atoms with Gasteiger partial charge in [0, 0.05) is 23.0 Å². The number of benzene rings is 1. The van der Waals surface area contributed by atoms with Crippen LogP contribution in [0, 0.1) is 29.6 Å². The Morgan fingerprint density at radius 1 is 1.25 bits per heavy atom. The first kappa shape index (κ1) is 22.1. The third-order valence-corrected chi connectivity index (χ3v) is 6.93. The number of ketones is 1. The van der Waals surface area contributed by atoms with Gasteiger partial charge >= 0.3 is 6.09 Å². The van der Waals surface area contributed by atoms with Crippen molar-refractivity contribution in [3.05, 3.63) is 41.9 Å². The highest BCUT2D eigenvalue weighted by molar-refractivity contribution is 5.89. The lowest BCUT2D eigenvalue weighted by atomic mass is 9.70. The molecule has 1 aromatic carbocycles. The molecule has 1 aromatic heterocycles. The summed E-state index contributed by atoms with van der Waals surface area (Å²) >= 11 is 0. The van der Waals surface area contributed by atoms with Crippen LogP contribution >= 0.6 is 0 Å². The van der Waals surface area contributed by atoms with E-state index in [-0.39, 0.29) is 29.0 Å². The molecular weight excluding hydrogens is 404 g/mol. The molecule has 0 aliphatic heterocycles. The lowest BCUT2D eigenvalue weighted by molar-refractivity contribution is -0.127. The summed E-state index contributed by atoms with van der Waals surface area (Å²) in [5, 5.41) is 2.74. The van der Waals surface area contributed by atoms with Gasteiger partial charge in [0.1, 0.15) is 0 Å². The number of nitrogens with zero attached hydrogens (tertiary/aromatic N) is 1. The molecule has 3 atom stereocenters. The number of terminal acetylenes is 1.